The molecule has 0 spiro atoms. The molecule has 0 saturated carbocycles. The molecule has 0 bridgehead atoms. The van der Waals surface area contributed by atoms with E-state index in [1.807, 2.05) is 13.8 Å². The van der Waals surface area contributed by atoms with Crippen LogP contribution in [0.2, 0.25) is 5.02 Å². The monoisotopic (exact) mass is 242 g/mol. The molecule has 0 amide bonds. The van der Waals surface area contributed by atoms with E-state index < -0.39 is 6.10 Å². The molecule has 4 heteroatoms. The highest BCUT2D eigenvalue weighted by atomic mass is 35.5. The molecule has 0 aliphatic heterocycles. The van der Waals surface area contributed by atoms with Crippen LogP contribution < -0.4 is 4.74 Å². The van der Waals surface area contributed by atoms with Crippen LogP contribution in [-0.4, -0.2) is 19.2 Å². The predicted octanol–water partition coefficient (Wildman–Crippen LogP) is 2.92. The summed E-state index contributed by atoms with van der Waals surface area (Å²) in [5.74, 6) is 0.279. The van der Waals surface area contributed by atoms with Crippen molar-refractivity contribution in [3.8, 4) is 5.75 Å². The fourth-order valence-corrected chi connectivity index (χ4v) is 1.36. The van der Waals surface area contributed by atoms with Gasteiger partial charge in [-0.1, -0.05) is 25.4 Å². The summed E-state index contributed by atoms with van der Waals surface area (Å²) < 4.78 is 10.2. The Balaban J connectivity index is 2.75. The summed E-state index contributed by atoms with van der Waals surface area (Å²) in [7, 11) is 1.35. The summed E-state index contributed by atoms with van der Waals surface area (Å²) >= 11 is 5.75. The maximum atomic E-state index is 11.5. The van der Waals surface area contributed by atoms with Crippen molar-refractivity contribution in [2.45, 2.75) is 20.0 Å². The van der Waals surface area contributed by atoms with E-state index in [-0.39, 0.29) is 11.9 Å². The van der Waals surface area contributed by atoms with Gasteiger partial charge in [0.15, 0.2) is 6.10 Å². The fourth-order valence-electron chi connectivity index (χ4n) is 1.23. The summed E-state index contributed by atoms with van der Waals surface area (Å²) in [4.78, 5) is 11.5. The van der Waals surface area contributed by atoms with Crippen molar-refractivity contribution in [1.82, 2.24) is 0 Å². The number of carbonyl (C=O) groups excluding carboxylic acids is 1. The quantitative estimate of drug-likeness (QED) is 0.762. The highest BCUT2D eigenvalue weighted by molar-refractivity contribution is 6.30. The van der Waals surface area contributed by atoms with Gasteiger partial charge >= 0.3 is 5.97 Å². The predicted molar refractivity (Wildman–Crippen MR) is 62.7 cm³/mol. The molecule has 0 radical (unpaired) electrons. The Labute approximate surface area is 100 Å². The van der Waals surface area contributed by atoms with Gasteiger partial charge in [-0.05, 0) is 24.3 Å². The highest BCUT2D eigenvalue weighted by Gasteiger charge is 2.24. The van der Waals surface area contributed by atoms with Crippen molar-refractivity contribution < 1.29 is 14.3 Å². The first-order valence-corrected chi connectivity index (χ1v) is 5.42. The second-order valence-corrected chi connectivity index (χ2v) is 4.20. The molecule has 16 heavy (non-hydrogen) atoms. The molecule has 1 atom stereocenters. The van der Waals surface area contributed by atoms with E-state index >= 15 is 0 Å². The summed E-state index contributed by atoms with van der Waals surface area (Å²) in [6, 6.07) is 6.87. The minimum absolute atomic E-state index is 0.0446. The summed E-state index contributed by atoms with van der Waals surface area (Å²) in [6.07, 6.45) is -0.592. The number of carbonyl (C=O) groups is 1. The van der Waals surface area contributed by atoms with Crippen molar-refractivity contribution in [3.63, 3.8) is 0 Å². The second-order valence-electron chi connectivity index (χ2n) is 3.76. The lowest BCUT2D eigenvalue weighted by atomic mass is 10.1. The first-order chi connectivity index (χ1) is 7.54. The fraction of sp³-hybridized carbons (Fsp3) is 0.417. The van der Waals surface area contributed by atoms with Crippen LogP contribution in [0, 0.1) is 5.92 Å². The van der Waals surface area contributed by atoms with Crippen LogP contribution >= 0.6 is 11.6 Å². The van der Waals surface area contributed by atoms with Crippen molar-refractivity contribution in [2.24, 2.45) is 5.92 Å². The Morgan fingerprint density at radius 3 is 2.25 bits per heavy atom. The maximum absolute atomic E-state index is 11.5. The van der Waals surface area contributed by atoms with Gasteiger partial charge in [0.2, 0.25) is 0 Å². The van der Waals surface area contributed by atoms with Crippen molar-refractivity contribution in [2.75, 3.05) is 7.11 Å². The normalized spacial score (nSPS) is 12.3. The second kappa shape index (κ2) is 5.75. The molecule has 88 valence electrons. The largest absolute Gasteiger partial charge is 0.478 e. The molecule has 0 N–H and O–H groups in total. The molecule has 0 unspecified atom stereocenters. The molecule has 0 aromatic heterocycles. The topological polar surface area (TPSA) is 35.5 Å². The van der Waals surface area contributed by atoms with E-state index in [0.717, 1.165) is 0 Å². The molecular weight excluding hydrogens is 228 g/mol. The standard InChI is InChI=1S/C12H15ClO3/c1-8(2)11(12(14)15-3)16-10-6-4-9(13)5-7-10/h4-8,11H,1-3H3/t11-/m0/s1. The number of hydrogen-bond acceptors (Lipinski definition) is 3. The van der Waals surface area contributed by atoms with Crippen molar-refractivity contribution >= 4 is 17.6 Å². The Kier molecular flexibility index (Phi) is 4.62. The van der Waals surface area contributed by atoms with Crippen LogP contribution in [0.3, 0.4) is 0 Å². The molecule has 0 aliphatic rings. The SMILES string of the molecule is COC(=O)[C@@H](Oc1ccc(Cl)cc1)C(C)C. The minimum atomic E-state index is -0.592. The number of ether oxygens (including phenoxy) is 2. The molecule has 1 aromatic carbocycles. The number of rotatable bonds is 4. The molecule has 3 nitrogen and oxygen atoms in total. The lowest BCUT2D eigenvalue weighted by molar-refractivity contribution is -0.150. The van der Waals surface area contributed by atoms with Crippen LogP contribution in [0.1, 0.15) is 13.8 Å². The molecular formula is C12H15ClO3. The first kappa shape index (κ1) is 12.8. The lowest BCUT2D eigenvalue weighted by Crippen LogP contribution is -2.33. The molecule has 1 rings (SSSR count). The van der Waals surface area contributed by atoms with Crippen LogP contribution in [0.25, 0.3) is 0 Å². The Bertz CT molecular complexity index is 346. The minimum Gasteiger partial charge on any atom is -0.478 e. The Morgan fingerprint density at radius 2 is 1.81 bits per heavy atom. The zero-order valence-electron chi connectivity index (χ0n) is 9.57. The average Bonchev–Trinajstić information content (AvgIpc) is 2.27. The first-order valence-electron chi connectivity index (χ1n) is 5.04. The third-order valence-electron chi connectivity index (χ3n) is 2.12. The van der Waals surface area contributed by atoms with Gasteiger partial charge < -0.3 is 9.47 Å². The number of hydrogen-bond donors (Lipinski definition) is 0. The third-order valence-corrected chi connectivity index (χ3v) is 2.37. The van der Waals surface area contributed by atoms with Gasteiger partial charge in [0.1, 0.15) is 5.75 Å². The van der Waals surface area contributed by atoms with E-state index in [1.54, 1.807) is 24.3 Å². The van der Waals surface area contributed by atoms with Gasteiger partial charge in [-0.2, -0.15) is 0 Å². The molecule has 0 aliphatic carbocycles. The zero-order valence-corrected chi connectivity index (χ0v) is 10.3. The lowest BCUT2D eigenvalue weighted by Gasteiger charge is -2.19. The maximum Gasteiger partial charge on any atom is 0.347 e. The number of benzene rings is 1. The van der Waals surface area contributed by atoms with Crippen LogP contribution in [-0.2, 0) is 9.53 Å². The van der Waals surface area contributed by atoms with Crippen LogP contribution in [0.5, 0.6) is 5.75 Å². The van der Waals surface area contributed by atoms with E-state index in [2.05, 4.69) is 4.74 Å². The average molecular weight is 243 g/mol. The molecule has 0 fully saturated rings. The number of halogens is 1. The summed E-state index contributed by atoms with van der Waals surface area (Å²) in [6.45, 7) is 3.80. The Hall–Kier alpha value is -1.22. The van der Waals surface area contributed by atoms with E-state index in [0.29, 0.717) is 10.8 Å². The smallest absolute Gasteiger partial charge is 0.347 e. The van der Waals surface area contributed by atoms with Gasteiger partial charge in [0.25, 0.3) is 0 Å². The molecule has 0 saturated heterocycles. The van der Waals surface area contributed by atoms with Gasteiger partial charge in [-0.25, -0.2) is 4.79 Å². The van der Waals surface area contributed by atoms with E-state index in [4.69, 9.17) is 16.3 Å². The highest BCUT2D eigenvalue weighted by Crippen LogP contribution is 2.19. The van der Waals surface area contributed by atoms with Crippen molar-refractivity contribution in [3.05, 3.63) is 29.3 Å². The van der Waals surface area contributed by atoms with Gasteiger partial charge in [0.05, 0.1) is 7.11 Å². The summed E-state index contributed by atoms with van der Waals surface area (Å²) in [5.41, 5.74) is 0. The third kappa shape index (κ3) is 3.42. The van der Waals surface area contributed by atoms with Gasteiger partial charge in [-0.15, -0.1) is 0 Å². The van der Waals surface area contributed by atoms with Crippen LogP contribution in [0.4, 0.5) is 0 Å². The van der Waals surface area contributed by atoms with Crippen LogP contribution in [0.15, 0.2) is 24.3 Å². The van der Waals surface area contributed by atoms with E-state index in [1.165, 1.54) is 7.11 Å². The van der Waals surface area contributed by atoms with Gasteiger partial charge in [-0.3, -0.25) is 0 Å². The summed E-state index contributed by atoms with van der Waals surface area (Å²) in [5, 5.41) is 0.631. The van der Waals surface area contributed by atoms with Crippen molar-refractivity contribution in [1.29, 1.82) is 0 Å². The number of methoxy groups -OCH3 is 1. The van der Waals surface area contributed by atoms with Gasteiger partial charge in [0, 0.05) is 10.9 Å². The number of esters is 1. The Morgan fingerprint density at radius 1 is 1.25 bits per heavy atom. The molecule has 0 heterocycles. The zero-order chi connectivity index (χ0) is 12.1. The molecule has 1 aromatic rings. The van der Waals surface area contributed by atoms with E-state index in [9.17, 15) is 4.79 Å².